The Morgan fingerprint density at radius 3 is 2.61 bits per heavy atom. The number of nitrogens with one attached hydrogen (secondary N) is 1. The third-order valence-electron chi connectivity index (χ3n) is 4.91. The smallest absolute Gasteiger partial charge is 0.330 e. The van der Waals surface area contributed by atoms with Gasteiger partial charge in [-0.1, -0.05) is 18.7 Å². The summed E-state index contributed by atoms with van der Waals surface area (Å²) in [4.78, 5) is 46.4. The topological polar surface area (TPSA) is 128 Å². The van der Waals surface area contributed by atoms with Crippen LogP contribution >= 0.6 is 11.8 Å². The van der Waals surface area contributed by atoms with Crippen LogP contribution in [0.4, 0.5) is 15.9 Å². The summed E-state index contributed by atoms with van der Waals surface area (Å²) in [5.74, 6) is -1.12. The van der Waals surface area contributed by atoms with Crippen molar-refractivity contribution in [3.05, 3.63) is 62.8 Å². The van der Waals surface area contributed by atoms with Crippen LogP contribution in [0.3, 0.4) is 0 Å². The molecule has 3 rings (SSSR count). The number of rotatable bonds is 9. The maximum absolute atomic E-state index is 13.7. The fourth-order valence-corrected chi connectivity index (χ4v) is 3.93. The molecule has 0 fully saturated rings. The second-order valence-electron chi connectivity index (χ2n) is 7.04. The number of nitrogens with zero attached hydrogens (tertiary/aromatic N) is 4. The van der Waals surface area contributed by atoms with Crippen molar-refractivity contribution < 1.29 is 13.9 Å². The van der Waals surface area contributed by atoms with E-state index in [1.807, 2.05) is 6.92 Å². The van der Waals surface area contributed by atoms with Crippen LogP contribution in [-0.4, -0.2) is 51.5 Å². The van der Waals surface area contributed by atoms with Crippen LogP contribution in [0.15, 0.2) is 45.2 Å². The summed E-state index contributed by atoms with van der Waals surface area (Å²) in [6, 6.07) is 5.60. The molecule has 10 nitrogen and oxygen atoms in total. The standard InChI is InChI=1S/C21H25FN6O4S/c1-4-9-27-17(23)16(18(29)25-20(27)31)26(10-11-32-2)19(30)15-12-24-21(33-3)28(15)14-7-5-13(22)6-8-14/h5-8,12H,4,9-11,23H2,1-3H3,(H,25,29,31). The molecule has 33 heavy (non-hydrogen) atoms. The van der Waals surface area contributed by atoms with Gasteiger partial charge in [-0.05, 0) is 36.9 Å². The monoisotopic (exact) mass is 476 g/mol. The molecule has 12 heteroatoms. The van der Waals surface area contributed by atoms with Crippen LogP contribution in [0.5, 0.6) is 0 Å². The molecule has 1 amide bonds. The van der Waals surface area contributed by atoms with E-state index in [9.17, 15) is 18.8 Å². The van der Waals surface area contributed by atoms with Gasteiger partial charge in [0.2, 0.25) is 0 Å². The minimum absolute atomic E-state index is 0.00383. The van der Waals surface area contributed by atoms with E-state index in [1.165, 1.54) is 58.8 Å². The van der Waals surface area contributed by atoms with Gasteiger partial charge in [0.25, 0.3) is 11.5 Å². The van der Waals surface area contributed by atoms with Gasteiger partial charge in [-0.25, -0.2) is 14.2 Å². The molecule has 176 valence electrons. The third kappa shape index (κ3) is 4.86. The number of benzene rings is 1. The summed E-state index contributed by atoms with van der Waals surface area (Å²) < 4.78 is 21.4. The lowest BCUT2D eigenvalue weighted by atomic mass is 10.2. The maximum atomic E-state index is 13.7. The number of carbonyl (C=O) groups excluding carboxylic acids is 1. The van der Waals surface area contributed by atoms with Crippen molar-refractivity contribution in [1.29, 1.82) is 0 Å². The SMILES string of the molecule is CCCn1c(N)c(N(CCOC)C(=O)c2cnc(SC)n2-c2ccc(F)cc2)c(=O)[nH]c1=O. The number of amides is 1. The Morgan fingerprint density at radius 1 is 1.30 bits per heavy atom. The number of methoxy groups -OCH3 is 1. The summed E-state index contributed by atoms with van der Waals surface area (Å²) in [6.07, 6.45) is 3.77. The van der Waals surface area contributed by atoms with Crippen molar-refractivity contribution in [2.45, 2.75) is 25.0 Å². The Balaban J connectivity index is 2.19. The Labute approximate surface area is 193 Å². The molecule has 0 unspecified atom stereocenters. The van der Waals surface area contributed by atoms with E-state index in [-0.39, 0.29) is 36.9 Å². The van der Waals surface area contributed by atoms with E-state index in [0.717, 1.165) is 0 Å². The molecular weight excluding hydrogens is 451 g/mol. The zero-order valence-corrected chi connectivity index (χ0v) is 19.3. The average molecular weight is 477 g/mol. The van der Waals surface area contributed by atoms with Crippen LogP contribution in [0.25, 0.3) is 5.69 Å². The molecule has 0 aliphatic carbocycles. The molecule has 0 aliphatic rings. The second-order valence-corrected chi connectivity index (χ2v) is 7.81. The molecular formula is C21H25FN6O4S. The van der Waals surface area contributed by atoms with Crippen molar-refractivity contribution in [2.24, 2.45) is 0 Å². The van der Waals surface area contributed by atoms with Gasteiger partial charge in [0.15, 0.2) is 10.8 Å². The predicted octanol–water partition coefficient (Wildman–Crippen LogP) is 1.87. The maximum Gasteiger partial charge on any atom is 0.330 e. The van der Waals surface area contributed by atoms with Gasteiger partial charge < -0.3 is 10.5 Å². The highest BCUT2D eigenvalue weighted by Crippen LogP contribution is 2.25. The lowest BCUT2D eigenvalue weighted by Gasteiger charge is -2.24. The quantitative estimate of drug-likeness (QED) is 0.451. The summed E-state index contributed by atoms with van der Waals surface area (Å²) in [7, 11) is 1.46. The number of hydrogen-bond acceptors (Lipinski definition) is 7. The molecule has 3 N–H and O–H groups in total. The van der Waals surface area contributed by atoms with Gasteiger partial charge in [0, 0.05) is 25.9 Å². The average Bonchev–Trinajstić information content (AvgIpc) is 3.23. The third-order valence-corrected chi connectivity index (χ3v) is 5.56. The van der Waals surface area contributed by atoms with Crippen molar-refractivity contribution in [2.75, 3.05) is 37.2 Å². The molecule has 3 aromatic rings. The van der Waals surface area contributed by atoms with Crippen molar-refractivity contribution >= 4 is 29.2 Å². The second kappa shape index (κ2) is 10.5. The van der Waals surface area contributed by atoms with Crippen LogP contribution < -0.4 is 21.9 Å². The molecule has 0 spiro atoms. The number of anilines is 2. The summed E-state index contributed by atoms with van der Waals surface area (Å²) in [5, 5.41) is 0.495. The van der Waals surface area contributed by atoms with Crippen molar-refractivity contribution in [3.63, 3.8) is 0 Å². The number of hydrogen-bond donors (Lipinski definition) is 2. The number of aromatic amines is 1. The zero-order valence-electron chi connectivity index (χ0n) is 18.5. The van der Waals surface area contributed by atoms with E-state index >= 15 is 0 Å². The fraction of sp³-hybridized carbons (Fsp3) is 0.333. The normalized spacial score (nSPS) is 11.0. The van der Waals surface area contributed by atoms with E-state index < -0.39 is 23.0 Å². The van der Waals surface area contributed by atoms with E-state index in [0.29, 0.717) is 17.3 Å². The Kier molecular flexibility index (Phi) is 7.71. The fourth-order valence-electron chi connectivity index (χ4n) is 3.39. The predicted molar refractivity (Wildman–Crippen MR) is 125 cm³/mol. The van der Waals surface area contributed by atoms with Gasteiger partial charge in [0.05, 0.1) is 12.8 Å². The van der Waals surface area contributed by atoms with Gasteiger partial charge in [-0.15, -0.1) is 0 Å². The highest BCUT2D eigenvalue weighted by Gasteiger charge is 2.28. The minimum Gasteiger partial charge on any atom is -0.383 e. The number of carbonyl (C=O) groups is 1. The van der Waals surface area contributed by atoms with Gasteiger partial charge >= 0.3 is 5.69 Å². The lowest BCUT2D eigenvalue weighted by Crippen LogP contribution is -2.43. The molecule has 0 saturated heterocycles. The summed E-state index contributed by atoms with van der Waals surface area (Å²) in [5.41, 5.74) is 5.26. The first-order valence-electron chi connectivity index (χ1n) is 10.1. The number of H-pyrrole nitrogens is 1. The molecule has 0 bridgehead atoms. The number of halogens is 1. The van der Waals surface area contributed by atoms with Crippen LogP contribution in [0.1, 0.15) is 23.8 Å². The van der Waals surface area contributed by atoms with E-state index in [4.69, 9.17) is 10.5 Å². The molecule has 1 aromatic carbocycles. The Morgan fingerprint density at radius 2 is 2.00 bits per heavy atom. The number of thioether (sulfide) groups is 1. The molecule has 0 aliphatic heterocycles. The first-order valence-corrected chi connectivity index (χ1v) is 11.4. The zero-order chi connectivity index (χ0) is 24.1. The molecule has 0 atom stereocenters. The number of ether oxygens (including phenoxy) is 1. The van der Waals surface area contributed by atoms with Crippen LogP contribution in [-0.2, 0) is 11.3 Å². The number of nitrogen functional groups attached to an aromatic ring is 1. The Hall–Kier alpha value is -3.38. The number of aromatic nitrogens is 4. The van der Waals surface area contributed by atoms with Crippen LogP contribution in [0.2, 0.25) is 0 Å². The number of imidazole rings is 1. The summed E-state index contributed by atoms with van der Waals surface area (Å²) >= 11 is 1.30. The van der Waals surface area contributed by atoms with E-state index in [2.05, 4.69) is 9.97 Å². The first-order chi connectivity index (χ1) is 15.8. The Bertz CT molecular complexity index is 1250. The van der Waals surface area contributed by atoms with Crippen LogP contribution in [0, 0.1) is 5.82 Å². The van der Waals surface area contributed by atoms with Gasteiger partial charge in [-0.2, -0.15) is 0 Å². The highest BCUT2D eigenvalue weighted by atomic mass is 32.2. The minimum atomic E-state index is -0.785. The van der Waals surface area contributed by atoms with E-state index in [1.54, 1.807) is 10.8 Å². The number of nitrogens with two attached hydrogens (primary N) is 1. The van der Waals surface area contributed by atoms with Crippen molar-refractivity contribution in [1.82, 2.24) is 19.1 Å². The first kappa shape index (κ1) is 24.3. The van der Waals surface area contributed by atoms with Crippen molar-refractivity contribution in [3.8, 4) is 5.69 Å². The molecule has 2 heterocycles. The van der Waals surface area contributed by atoms with Gasteiger partial charge in [0.1, 0.15) is 17.3 Å². The highest BCUT2D eigenvalue weighted by molar-refractivity contribution is 7.98. The lowest BCUT2D eigenvalue weighted by molar-refractivity contribution is 0.0968. The molecule has 0 radical (unpaired) electrons. The molecule has 0 saturated carbocycles. The summed E-state index contributed by atoms with van der Waals surface area (Å²) in [6.45, 7) is 2.23. The molecule has 2 aromatic heterocycles. The largest absolute Gasteiger partial charge is 0.383 e. The van der Waals surface area contributed by atoms with Gasteiger partial charge in [-0.3, -0.25) is 28.6 Å².